The Morgan fingerprint density at radius 3 is 0.307 bits per heavy atom. The van der Waals surface area contributed by atoms with Crippen LogP contribution >= 0.6 is 0 Å². The molecule has 40 atom stereocenters. The summed E-state index contributed by atoms with van der Waals surface area (Å²) in [6.45, 7) is 53.9. The Balaban J connectivity index is 0.975. The van der Waals surface area contributed by atoms with Crippen LogP contribution in [-0.4, -0.2) is 148 Å². The van der Waals surface area contributed by atoms with Crippen LogP contribution in [-0.2, 0) is 75.8 Å². The molecule has 0 amide bonds. The standard InChI is InChI=1S/C72H128O16/c1-25-49-57-33(9)41(17)65(73-49)82-58-35(11)43(19)67(75-50(58)26-2)84-60-37(13)45(21)69(77-52(60)28-4)86-62-39(15)47(23)71(79-54(62)30-6)88-64-40(16)48(24)72(80-56(64)32-8)87-63-38(14)46(22)70(78-55(63)31-7)85-61-36(12)44(20)68(76-53(61)29-5)83-59-34(10)42(18)66(81-57)74-51(59)27-3/h33-72H,25-32H2,1-24H3/t33?,34?,35?,36?,37?,38?,39?,40?,41?,42?,43?,44?,45?,46?,47?,48?,49?,50?,51?,52?,53?,54?,55?,56?,57-,58-,59-,60-,61-,62-,63-,64-,65+,66+,67+,68+,69+,70+,71+,72+/m1/s1. The molecule has 30 fully saturated rings. The van der Waals surface area contributed by atoms with E-state index in [0.717, 1.165) is 51.4 Å². The lowest BCUT2D eigenvalue weighted by atomic mass is 9.80. The molecule has 0 radical (unpaired) electrons. The van der Waals surface area contributed by atoms with Gasteiger partial charge in [0, 0.05) is 47.3 Å². The van der Waals surface area contributed by atoms with Gasteiger partial charge >= 0.3 is 0 Å². The highest BCUT2D eigenvalue weighted by Gasteiger charge is 2.57. The number of ether oxygens (including phenoxy) is 16. The third kappa shape index (κ3) is 14.1. The predicted octanol–water partition coefficient (Wildman–Crippen LogP) is 14.3. The van der Waals surface area contributed by atoms with Crippen LogP contribution in [0.25, 0.3) is 0 Å². The number of rotatable bonds is 8. The van der Waals surface area contributed by atoms with Crippen molar-refractivity contribution >= 4 is 0 Å². The molecule has 16 heteroatoms. The van der Waals surface area contributed by atoms with Gasteiger partial charge in [0.1, 0.15) is 0 Å². The summed E-state index contributed by atoms with van der Waals surface area (Å²) in [7, 11) is 0. The van der Waals surface area contributed by atoms with E-state index in [-0.39, 0.29) is 192 Å². The summed E-state index contributed by atoms with van der Waals surface area (Å²) in [5.74, 6) is 1.33. The Labute approximate surface area is 533 Å². The van der Waals surface area contributed by atoms with Crippen LogP contribution in [0.2, 0.25) is 0 Å². The topological polar surface area (TPSA) is 148 Å². The quantitative estimate of drug-likeness (QED) is 0.227. The molecule has 30 rings (SSSR count). The SMILES string of the molecule is CCC1O[C@H]2O[C@H]3C(CC)O[C@@H](O[C@H]4C(CC)O[C@@H](O[C@H]5C(CC)O[C@@H](O[C@H]6C(CC)O[C@@H](O[C@H]7C(CC)O[C@@H](O[C@H]8C(CC)O[C@@H](O[C@H]9C(CC)O[C@@H](O[C@@H]1C(C)C2C)C(C)C9C)C(C)C8C)C(C)C7C)C(C)C6C)C(C)C5C)C(C)C4C)C(C)C3C. The minimum absolute atomic E-state index is 0.0418. The van der Waals surface area contributed by atoms with E-state index in [2.05, 4.69) is 166 Å². The zero-order chi connectivity index (χ0) is 64.1. The van der Waals surface area contributed by atoms with Gasteiger partial charge in [0.2, 0.25) is 0 Å². The highest BCUT2D eigenvalue weighted by molar-refractivity contribution is 4.98. The van der Waals surface area contributed by atoms with Gasteiger partial charge in [0.05, 0.1) is 97.7 Å². The molecule has 88 heavy (non-hydrogen) atoms. The van der Waals surface area contributed by atoms with Gasteiger partial charge in [-0.25, -0.2) is 0 Å². The maximum Gasteiger partial charge on any atom is 0.161 e. The lowest BCUT2D eigenvalue weighted by Gasteiger charge is -2.53. The van der Waals surface area contributed by atoms with E-state index in [1.807, 2.05) is 0 Å². The van der Waals surface area contributed by atoms with E-state index in [0.29, 0.717) is 0 Å². The molecular weight excluding hydrogens is 1120 g/mol. The largest absolute Gasteiger partial charge is 0.346 e. The van der Waals surface area contributed by atoms with Crippen LogP contribution in [0.5, 0.6) is 0 Å². The second-order valence-corrected chi connectivity index (χ2v) is 30.2. The summed E-state index contributed by atoms with van der Waals surface area (Å²) in [6.07, 6.45) is -0.261. The molecular formula is C72H128O16. The molecule has 512 valence electrons. The first kappa shape index (κ1) is 71.6. The van der Waals surface area contributed by atoms with E-state index < -0.39 is 50.3 Å². The molecule has 30 saturated heterocycles. The van der Waals surface area contributed by atoms with Crippen LogP contribution in [0.1, 0.15) is 218 Å². The average molecular weight is 1250 g/mol. The Bertz CT molecular complexity index is 1680. The third-order valence-corrected chi connectivity index (χ3v) is 25.2. The van der Waals surface area contributed by atoms with Gasteiger partial charge in [0.25, 0.3) is 0 Å². The van der Waals surface area contributed by atoms with Crippen molar-refractivity contribution in [1.82, 2.24) is 0 Å². The van der Waals surface area contributed by atoms with Crippen LogP contribution in [0.4, 0.5) is 0 Å². The first-order valence-electron chi connectivity index (χ1n) is 36.4. The number of hydrogen-bond donors (Lipinski definition) is 0. The maximum absolute atomic E-state index is 7.23. The monoisotopic (exact) mass is 1250 g/mol. The molecule has 24 unspecified atom stereocenters. The highest BCUT2D eigenvalue weighted by atomic mass is 16.8. The first-order valence-corrected chi connectivity index (χ1v) is 36.4. The molecule has 0 spiro atoms. The minimum atomic E-state index is -0.431. The minimum Gasteiger partial charge on any atom is -0.346 e. The van der Waals surface area contributed by atoms with Crippen molar-refractivity contribution in [3.8, 4) is 0 Å². The average Bonchev–Trinajstić information content (AvgIpc) is 0.985. The van der Waals surface area contributed by atoms with E-state index in [1.165, 1.54) is 0 Å². The van der Waals surface area contributed by atoms with Crippen LogP contribution in [0.3, 0.4) is 0 Å². The van der Waals surface area contributed by atoms with E-state index in [4.69, 9.17) is 75.8 Å². The summed E-state index contributed by atoms with van der Waals surface area (Å²) < 4.78 is 114. The van der Waals surface area contributed by atoms with Gasteiger partial charge in [0.15, 0.2) is 50.3 Å². The zero-order valence-electron chi connectivity index (χ0n) is 59.3. The maximum atomic E-state index is 7.23. The van der Waals surface area contributed by atoms with Crippen molar-refractivity contribution in [3.05, 3.63) is 0 Å². The van der Waals surface area contributed by atoms with E-state index >= 15 is 0 Å². The van der Waals surface area contributed by atoms with Crippen LogP contribution in [0.15, 0.2) is 0 Å². The van der Waals surface area contributed by atoms with Gasteiger partial charge in [-0.2, -0.15) is 0 Å². The molecule has 0 aliphatic carbocycles. The van der Waals surface area contributed by atoms with Crippen LogP contribution < -0.4 is 0 Å². The smallest absolute Gasteiger partial charge is 0.161 e. The van der Waals surface area contributed by atoms with Gasteiger partial charge in [-0.1, -0.05) is 166 Å². The van der Waals surface area contributed by atoms with Gasteiger partial charge in [-0.3, -0.25) is 0 Å². The Kier molecular flexibility index (Phi) is 24.9. The molecule has 0 aromatic heterocycles. The zero-order valence-corrected chi connectivity index (χ0v) is 59.3. The van der Waals surface area contributed by atoms with Gasteiger partial charge in [-0.15, -0.1) is 0 Å². The summed E-state index contributed by atoms with van der Waals surface area (Å²) in [5.41, 5.74) is 0. The molecule has 0 N–H and O–H groups in total. The van der Waals surface area contributed by atoms with Crippen molar-refractivity contribution < 1.29 is 75.8 Å². The predicted molar refractivity (Wildman–Crippen MR) is 337 cm³/mol. The van der Waals surface area contributed by atoms with Crippen molar-refractivity contribution in [2.75, 3.05) is 0 Å². The second-order valence-electron chi connectivity index (χ2n) is 30.2. The summed E-state index contributed by atoms with van der Waals surface area (Å²) in [4.78, 5) is 0. The molecule has 30 aliphatic heterocycles. The molecule has 30 heterocycles. The molecule has 0 aromatic rings. The molecule has 0 saturated carbocycles. The Morgan fingerprint density at radius 1 is 0.136 bits per heavy atom. The Hall–Kier alpha value is -0.640. The normalized spacial score (nSPS) is 55.4. The summed E-state index contributed by atoms with van der Waals surface area (Å²) in [6, 6.07) is 0. The van der Waals surface area contributed by atoms with E-state index in [9.17, 15) is 0 Å². The first-order chi connectivity index (χ1) is 41.9. The third-order valence-electron chi connectivity index (χ3n) is 25.2. The van der Waals surface area contributed by atoms with Crippen molar-refractivity contribution in [2.24, 2.45) is 94.7 Å². The fourth-order valence-corrected chi connectivity index (χ4v) is 16.9. The van der Waals surface area contributed by atoms with Crippen molar-refractivity contribution in [2.45, 2.75) is 366 Å². The fourth-order valence-electron chi connectivity index (χ4n) is 16.9. The lowest BCUT2D eigenvalue weighted by molar-refractivity contribution is -0.376. The van der Waals surface area contributed by atoms with Gasteiger partial charge in [-0.05, 0) is 98.7 Å². The van der Waals surface area contributed by atoms with E-state index in [1.54, 1.807) is 0 Å². The van der Waals surface area contributed by atoms with Crippen molar-refractivity contribution in [1.29, 1.82) is 0 Å². The fraction of sp³-hybridized carbons (Fsp3) is 1.00. The van der Waals surface area contributed by atoms with Crippen LogP contribution in [0, 0.1) is 94.7 Å². The van der Waals surface area contributed by atoms with Crippen molar-refractivity contribution in [3.63, 3.8) is 0 Å². The summed E-state index contributed by atoms with van der Waals surface area (Å²) in [5, 5.41) is 0. The molecule has 30 aliphatic rings. The molecule has 16 nitrogen and oxygen atoms in total. The molecule has 16 bridgehead atoms. The second kappa shape index (κ2) is 30.6. The highest BCUT2D eigenvalue weighted by Crippen LogP contribution is 2.49. The summed E-state index contributed by atoms with van der Waals surface area (Å²) >= 11 is 0. The lowest BCUT2D eigenvalue weighted by Crippen LogP contribution is -2.61. The molecule has 0 aromatic carbocycles. The van der Waals surface area contributed by atoms with Gasteiger partial charge < -0.3 is 75.8 Å². The number of hydrogen-bond acceptors (Lipinski definition) is 16. The Morgan fingerprint density at radius 2 is 0.227 bits per heavy atom.